The second-order valence-electron chi connectivity index (χ2n) is 8.22. The van der Waals surface area contributed by atoms with Gasteiger partial charge in [0.25, 0.3) is 5.91 Å². The zero-order valence-electron chi connectivity index (χ0n) is 19.1. The van der Waals surface area contributed by atoms with Crippen LogP contribution in [0.5, 0.6) is 0 Å². The van der Waals surface area contributed by atoms with Gasteiger partial charge in [-0.05, 0) is 48.2 Å². The number of hydrogen-bond donors (Lipinski definition) is 3. The van der Waals surface area contributed by atoms with Gasteiger partial charge in [0, 0.05) is 0 Å². The summed E-state index contributed by atoms with van der Waals surface area (Å²) >= 11 is 0. The summed E-state index contributed by atoms with van der Waals surface area (Å²) in [5.74, 6) is -2.24. The van der Waals surface area contributed by atoms with Gasteiger partial charge in [0.2, 0.25) is 5.91 Å². The van der Waals surface area contributed by atoms with Gasteiger partial charge in [0.05, 0.1) is 5.69 Å². The fourth-order valence-electron chi connectivity index (χ4n) is 3.97. The Labute approximate surface area is 201 Å². The topological polar surface area (TPSA) is 108 Å². The first-order valence-electron chi connectivity index (χ1n) is 10.8. The number of amides is 6. The predicted molar refractivity (Wildman–Crippen MR) is 127 cm³/mol. The normalized spacial score (nSPS) is 17.2. The Bertz CT molecular complexity index is 1330. The maximum absolute atomic E-state index is 13.7. The maximum Gasteiger partial charge on any atom is 0.326 e. The van der Waals surface area contributed by atoms with Gasteiger partial charge < -0.3 is 10.6 Å². The molecule has 1 aliphatic heterocycles. The van der Waals surface area contributed by atoms with E-state index in [1.807, 2.05) is 31.3 Å². The van der Waals surface area contributed by atoms with Crippen LogP contribution in [0.2, 0.25) is 0 Å². The summed E-state index contributed by atoms with van der Waals surface area (Å²) in [5, 5.41) is 7.00. The number of carbonyl (C=O) groups excluding carboxylic acids is 4. The van der Waals surface area contributed by atoms with Crippen molar-refractivity contribution in [3.63, 3.8) is 0 Å². The smallest absolute Gasteiger partial charge is 0.315 e. The van der Waals surface area contributed by atoms with Gasteiger partial charge >= 0.3 is 12.1 Å². The van der Waals surface area contributed by atoms with Crippen LogP contribution in [0.3, 0.4) is 0 Å². The molecule has 3 N–H and O–H groups in total. The van der Waals surface area contributed by atoms with E-state index < -0.39 is 41.8 Å². The molecule has 0 radical (unpaired) electrons. The first-order chi connectivity index (χ1) is 16.7. The summed E-state index contributed by atoms with van der Waals surface area (Å²) in [4.78, 5) is 52.0. The minimum atomic E-state index is -1.54. The van der Waals surface area contributed by atoms with Gasteiger partial charge in [-0.2, -0.15) is 0 Å². The molecule has 35 heavy (non-hydrogen) atoms. The molecule has 4 rings (SSSR count). The SMILES string of the molecule is Cc1ccc([C@@]2(c3ccccc3)NC(=O)N(CC(=O)NC(=O)Nc3ccccc3F)C2=O)cc1C. The van der Waals surface area contributed by atoms with E-state index in [9.17, 15) is 23.6 Å². The Kier molecular flexibility index (Phi) is 6.33. The molecule has 8 nitrogen and oxygen atoms in total. The summed E-state index contributed by atoms with van der Waals surface area (Å²) in [6.07, 6.45) is 0. The lowest BCUT2D eigenvalue weighted by molar-refractivity contribution is -0.133. The lowest BCUT2D eigenvalue weighted by atomic mass is 9.81. The summed E-state index contributed by atoms with van der Waals surface area (Å²) in [6.45, 7) is 3.14. The summed E-state index contributed by atoms with van der Waals surface area (Å²) in [7, 11) is 0. The Balaban J connectivity index is 1.58. The molecule has 1 aliphatic rings. The number of rotatable bonds is 5. The molecule has 0 saturated carbocycles. The Morgan fingerprint density at radius 3 is 2.29 bits per heavy atom. The highest BCUT2D eigenvalue weighted by atomic mass is 19.1. The van der Waals surface area contributed by atoms with E-state index in [2.05, 4.69) is 10.6 Å². The third-order valence-corrected chi connectivity index (χ3v) is 5.93. The number of carbonyl (C=O) groups is 4. The monoisotopic (exact) mass is 474 g/mol. The van der Waals surface area contributed by atoms with Gasteiger partial charge in [-0.15, -0.1) is 0 Å². The molecular formula is C26H23FN4O4. The number of anilines is 1. The van der Waals surface area contributed by atoms with Gasteiger partial charge in [-0.3, -0.25) is 19.8 Å². The molecule has 1 fully saturated rings. The molecule has 0 aromatic heterocycles. The third-order valence-electron chi connectivity index (χ3n) is 5.93. The van der Waals surface area contributed by atoms with Gasteiger partial charge in [-0.25, -0.2) is 14.0 Å². The number of halogens is 1. The molecule has 0 spiro atoms. The Hall–Kier alpha value is -4.53. The predicted octanol–water partition coefficient (Wildman–Crippen LogP) is 3.59. The molecular weight excluding hydrogens is 451 g/mol. The zero-order valence-corrected chi connectivity index (χ0v) is 19.1. The minimum absolute atomic E-state index is 0.120. The van der Waals surface area contributed by atoms with Crippen molar-refractivity contribution in [1.29, 1.82) is 0 Å². The molecule has 3 aromatic rings. The van der Waals surface area contributed by atoms with Crippen molar-refractivity contribution in [2.24, 2.45) is 0 Å². The summed E-state index contributed by atoms with van der Waals surface area (Å²) in [6, 6.07) is 17.9. The fourth-order valence-corrected chi connectivity index (χ4v) is 3.97. The summed E-state index contributed by atoms with van der Waals surface area (Å²) in [5.41, 5.74) is 1.37. The number of hydrogen-bond acceptors (Lipinski definition) is 4. The van der Waals surface area contributed by atoms with Crippen molar-refractivity contribution >= 4 is 29.6 Å². The first-order valence-corrected chi connectivity index (χ1v) is 10.8. The standard InChI is InChI=1S/C26H23FN4O4/c1-16-12-13-19(14-17(16)2)26(18-8-4-3-5-9-18)23(33)31(25(35)30-26)15-22(32)29-24(34)28-21-11-7-6-10-20(21)27/h3-14H,15H2,1-2H3,(H,30,35)(H2,28,29,32,34)/t26-/m1/s1. The van der Waals surface area contributed by atoms with Crippen molar-refractivity contribution in [3.8, 4) is 0 Å². The van der Waals surface area contributed by atoms with E-state index in [1.165, 1.54) is 18.2 Å². The van der Waals surface area contributed by atoms with Crippen molar-refractivity contribution < 1.29 is 23.6 Å². The molecule has 6 amide bonds. The molecule has 178 valence electrons. The van der Waals surface area contributed by atoms with Crippen LogP contribution in [0.15, 0.2) is 72.8 Å². The molecule has 1 atom stereocenters. The highest BCUT2D eigenvalue weighted by Crippen LogP contribution is 2.36. The molecule has 1 heterocycles. The maximum atomic E-state index is 13.7. The van der Waals surface area contributed by atoms with Gasteiger partial charge in [0.15, 0.2) is 5.54 Å². The van der Waals surface area contributed by atoms with Crippen LogP contribution in [-0.4, -0.2) is 35.3 Å². The second kappa shape index (κ2) is 9.38. The number of urea groups is 2. The molecule has 1 saturated heterocycles. The largest absolute Gasteiger partial charge is 0.326 e. The fraction of sp³-hybridized carbons (Fsp3) is 0.154. The van der Waals surface area contributed by atoms with Crippen molar-refractivity contribution in [3.05, 3.63) is 101 Å². The van der Waals surface area contributed by atoms with E-state index in [-0.39, 0.29) is 5.69 Å². The van der Waals surface area contributed by atoms with E-state index in [0.29, 0.717) is 11.1 Å². The molecule has 0 unspecified atom stereocenters. The van der Waals surface area contributed by atoms with Crippen LogP contribution in [0.1, 0.15) is 22.3 Å². The van der Waals surface area contributed by atoms with E-state index in [4.69, 9.17) is 0 Å². The van der Waals surface area contributed by atoms with Crippen molar-refractivity contribution in [1.82, 2.24) is 15.5 Å². The molecule has 0 aliphatic carbocycles. The number of aryl methyl sites for hydroxylation is 2. The number of imide groups is 2. The number of benzene rings is 3. The molecule has 3 aromatic carbocycles. The number of nitrogens with one attached hydrogen (secondary N) is 3. The summed E-state index contributed by atoms with van der Waals surface area (Å²) < 4.78 is 13.7. The van der Waals surface area contributed by atoms with Crippen LogP contribution in [0.4, 0.5) is 19.7 Å². The lowest BCUT2D eigenvalue weighted by Gasteiger charge is -2.28. The first kappa shape index (κ1) is 23.6. The number of nitrogens with zero attached hydrogens (tertiary/aromatic N) is 1. The van der Waals surface area contributed by atoms with E-state index in [1.54, 1.807) is 36.4 Å². The van der Waals surface area contributed by atoms with Gasteiger partial charge in [-0.1, -0.05) is 60.7 Å². The average Bonchev–Trinajstić information content (AvgIpc) is 3.08. The zero-order chi connectivity index (χ0) is 25.2. The Morgan fingerprint density at radius 2 is 1.60 bits per heavy atom. The quantitative estimate of drug-likeness (QED) is 0.491. The van der Waals surface area contributed by atoms with Crippen LogP contribution >= 0.6 is 0 Å². The van der Waals surface area contributed by atoms with Crippen LogP contribution < -0.4 is 16.0 Å². The second-order valence-corrected chi connectivity index (χ2v) is 8.22. The minimum Gasteiger partial charge on any atom is -0.315 e. The highest BCUT2D eigenvalue weighted by molar-refractivity contribution is 6.12. The Morgan fingerprint density at radius 1 is 0.914 bits per heavy atom. The molecule has 0 bridgehead atoms. The van der Waals surface area contributed by atoms with Crippen LogP contribution in [0, 0.1) is 19.7 Å². The van der Waals surface area contributed by atoms with Crippen LogP contribution in [0.25, 0.3) is 0 Å². The van der Waals surface area contributed by atoms with Gasteiger partial charge in [0.1, 0.15) is 12.4 Å². The van der Waals surface area contributed by atoms with Crippen LogP contribution in [-0.2, 0) is 15.1 Å². The van der Waals surface area contributed by atoms with E-state index >= 15 is 0 Å². The van der Waals surface area contributed by atoms with Crippen molar-refractivity contribution in [2.75, 3.05) is 11.9 Å². The third kappa shape index (κ3) is 4.48. The number of para-hydroxylation sites is 1. The van der Waals surface area contributed by atoms with Crippen molar-refractivity contribution in [2.45, 2.75) is 19.4 Å². The van der Waals surface area contributed by atoms with E-state index in [0.717, 1.165) is 22.1 Å². The lowest BCUT2D eigenvalue weighted by Crippen LogP contribution is -2.47. The molecule has 9 heteroatoms. The highest BCUT2D eigenvalue weighted by Gasteiger charge is 2.54. The average molecular weight is 474 g/mol.